The molecule has 0 saturated heterocycles. The third-order valence-corrected chi connectivity index (χ3v) is 2.64. The molecule has 1 aromatic rings. The molecular weight excluding hydrogens is 258 g/mol. The first-order chi connectivity index (χ1) is 9.63. The van der Waals surface area contributed by atoms with E-state index >= 15 is 0 Å². The van der Waals surface area contributed by atoms with Crippen molar-refractivity contribution in [2.75, 3.05) is 19.8 Å². The second-order valence-corrected chi connectivity index (χ2v) is 4.31. The van der Waals surface area contributed by atoms with Crippen molar-refractivity contribution >= 4 is 11.9 Å². The second-order valence-electron chi connectivity index (χ2n) is 4.31. The number of esters is 1. The number of carbonyl (C=O) groups is 2. The fourth-order valence-corrected chi connectivity index (χ4v) is 1.61. The number of rotatable bonds is 8. The molecule has 1 aromatic carbocycles. The van der Waals surface area contributed by atoms with Crippen LogP contribution in [-0.4, -0.2) is 31.6 Å². The van der Waals surface area contributed by atoms with E-state index in [1.54, 1.807) is 6.92 Å². The van der Waals surface area contributed by atoms with E-state index in [1.165, 1.54) is 0 Å². The molecule has 0 unspecified atom stereocenters. The number of ether oxygens (including phenoxy) is 2. The lowest BCUT2D eigenvalue weighted by Gasteiger charge is -2.09. The quantitative estimate of drug-likeness (QED) is 0.582. The SMILES string of the molecule is CCOC(=O)CCCNC(=O)COc1ccccc1C. The summed E-state index contributed by atoms with van der Waals surface area (Å²) in [5.74, 6) is 0.268. The second kappa shape index (κ2) is 8.96. The smallest absolute Gasteiger partial charge is 0.305 e. The van der Waals surface area contributed by atoms with Crippen molar-refractivity contribution in [3.8, 4) is 5.75 Å². The van der Waals surface area contributed by atoms with Crippen LogP contribution >= 0.6 is 0 Å². The van der Waals surface area contributed by atoms with Crippen LogP contribution in [0.5, 0.6) is 5.75 Å². The van der Waals surface area contributed by atoms with Crippen LogP contribution in [0, 0.1) is 6.92 Å². The summed E-state index contributed by atoms with van der Waals surface area (Å²) in [6.45, 7) is 4.49. The summed E-state index contributed by atoms with van der Waals surface area (Å²) >= 11 is 0. The van der Waals surface area contributed by atoms with Gasteiger partial charge in [-0.05, 0) is 31.9 Å². The number of nitrogens with one attached hydrogen (secondary N) is 1. The molecule has 1 amide bonds. The Labute approximate surface area is 119 Å². The fraction of sp³-hybridized carbons (Fsp3) is 0.467. The van der Waals surface area contributed by atoms with Crippen molar-refractivity contribution in [1.82, 2.24) is 5.32 Å². The first-order valence-corrected chi connectivity index (χ1v) is 6.74. The largest absolute Gasteiger partial charge is 0.484 e. The Bertz CT molecular complexity index is 445. The lowest BCUT2D eigenvalue weighted by Crippen LogP contribution is -2.30. The number of amides is 1. The minimum Gasteiger partial charge on any atom is -0.484 e. The normalized spacial score (nSPS) is 9.90. The van der Waals surface area contributed by atoms with Crippen LogP contribution in [0.15, 0.2) is 24.3 Å². The van der Waals surface area contributed by atoms with Crippen molar-refractivity contribution in [2.24, 2.45) is 0 Å². The van der Waals surface area contributed by atoms with E-state index < -0.39 is 0 Å². The Hall–Kier alpha value is -2.04. The minimum atomic E-state index is -0.238. The van der Waals surface area contributed by atoms with E-state index in [1.807, 2.05) is 31.2 Å². The molecule has 0 aromatic heterocycles. The van der Waals surface area contributed by atoms with Crippen molar-refractivity contribution < 1.29 is 19.1 Å². The zero-order valence-corrected chi connectivity index (χ0v) is 12.0. The van der Waals surface area contributed by atoms with Gasteiger partial charge in [0.1, 0.15) is 5.75 Å². The Morgan fingerprint density at radius 2 is 2.00 bits per heavy atom. The van der Waals surface area contributed by atoms with E-state index in [0.29, 0.717) is 31.7 Å². The maximum Gasteiger partial charge on any atom is 0.305 e. The number of benzene rings is 1. The molecule has 0 radical (unpaired) electrons. The Balaban J connectivity index is 2.15. The summed E-state index contributed by atoms with van der Waals surface area (Å²) in [6.07, 6.45) is 0.877. The summed E-state index contributed by atoms with van der Waals surface area (Å²) in [5, 5.41) is 2.70. The van der Waals surface area contributed by atoms with E-state index in [4.69, 9.17) is 9.47 Å². The van der Waals surface area contributed by atoms with Gasteiger partial charge in [-0.1, -0.05) is 18.2 Å². The molecule has 0 atom stereocenters. The fourth-order valence-electron chi connectivity index (χ4n) is 1.61. The molecule has 0 fully saturated rings. The topological polar surface area (TPSA) is 64.6 Å². The predicted octanol–water partition coefficient (Wildman–Crippen LogP) is 1.83. The summed E-state index contributed by atoms with van der Waals surface area (Å²) in [4.78, 5) is 22.6. The van der Waals surface area contributed by atoms with Gasteiger partial charge in [-0.25, -0.2) is 0 Å². The molecule has 5 nitrogen and oxygen atoms in total. The van der Waals surface area contributed by atoms with Gasteiger partial charge in [0, 0.05) is 13.0 Å². The van der Waals surface area contributed by atoms with Crippen LogP contribution in [0.2, 0.25) is 0 Å². The Kier molecular flexibility index (Phi) is 7.17. The maximum atomic E-state index is 11.5. The third-order valence-electron chi connectivity index (χ3n) is 2.64. The summed E-state index contributed by atoms with van der Waals surface area (Å²) in [5.41, 5.74) is 0.989. The van der Waals surface area contributed by atoms with E-state index in [0.717, 1.165) is 5.56 Å². The first-order valence-electron chi connectivity index (χ1n) is 6.74. The molecule has 0 heterocycles. The van der Waals surface area contributed by atoms with E-state index in [2.05, 4.69) is 5.32 Å². The molecule has 0 saturated carbocycles. The minimum absolute atomic E-state index is 0.0236. The first kappa shape index (κ1) is 16.0. The average Bonchev–Trinajstić information content (AvgIpc) is 2.43. The van der Waals surface area contributed by atoms with Gasteiger partial charge in [-0.3, -0.25) is 9.59 Å². The lowest BCUT2D eigenvalue weighted by atomic mass is 10.2. The summed E-state index contributed by atoms with van der Waals surface area (Å²) in [6, 6.07) is 7.52. The van der Waals surface area contributed by atoms with Gasteiger partial charge in [0.05, 0.1) is 6.61 Å². The predicted molar refractivity (Wildman–Crippen MR) is 75.6 cm³/mol. The van der Waals surface area contributed by atoms with Crippen LogP contribution in [0.3, 0.4) is 0 Å². The summed E-state index contributed by atoms with van der Waals surface area (Å²) in [7, 11) is 0. The highest BCUT2D eigenvalue weighted by Gasteiger charge is 2.05. The molecule has 20 heavy (non-hydrogen) atoms. The van der Waals surface area contributed by atoms with Gasteiger partial charge < -0.3 is 14.8 Å². The van der Waals surface area contributed by atoms with Gasteiger partial charge in [0.15, 0.2) is 6.61 Å². The summed E-state index contributed by atoms with van der Waals surface area (Å²) < 4.78 is 10.2. The zero-order valence-electron chi connectivity index (χ0n) is 12.0. The number of carbonyl (C=O) groups excluding carboxylic acids is 2. The highest BCUT2D eigenvalue weighted by Crippen LogP contribution is 2.15. The molecule has 0 bridgehead atoms. The average molecular weight is 279 g/mol. The van der Waals surface area contributed by atoms with Crippen LogP contribution in [0.4, 0.5) is 0 Å². The van der Waals surface area contributed by atoms with Crippen LogP contribution in [-0.2, 0) is 14.3 Å². The zero-order chi connectivity index (χ0) is 14.8. The van der Waals surface area contributed by atoms with Gasteiger partial charge >= 0.3 is 5.97 Å². The molecule has 110 valence electrons. The van der Waals surface area contributed by atoms with Gasteiger partial charge in [0.2, 0.25) is 0 Å². The molecule has 0 aliphatic carbocycles. The number of hydrogen-bond acceptors (Lipinski definition) is 4. The molecule has 0 spiro atoms. The molecular formula is C15H21NO4. The van der Waals surface area contributed by atoms with Gasteiger partial charge in [-0.15, -0.1) is 0 Å². The van der Waals surface area contributed by atoms with Gasteiger partial charge in [0.25, 0.3) is 5.91 Å². The van der Waals surface area contributed by atoms with Crippen LogP contribution < -0.4 is 10.1 Å². The van der Waals surface area contributed by atoms with E-state index in [-0.39, 0.29) is 18.5 Å². The van der Waals surface area contributed by atoms with Crippen molar-refractivity contribution in [3.63, 3.8) is 0 Å². The molecule has 0 aliphatic rings. The van der Waals surface area contributed by atoms with Gasteiger partial charge in [-0.2, -0.15) is 0 Å². The highest BCUT2D eigenvalue weighted by molar-refractivity contribution is 5.77. The monoisotopic (exact) mass is 279 g/mol. The number of hydrogen-bond donors (Lipinski definition) is 1. The van der Waals surface area contributed by atoms with Crippen LogP contribution in [0.1, 0.15) is 25.3 Å². The van der Waals surface area contributed by atoms with Crippen molar-refractivity contribution in [1.29, 1.82) is 0 Å². The Morgan fingerprint density at radius 3 is 2.70 bits per heavy atom. The molecule has 1 rings (SSSR count). The van der Waals surface area contributed by atoms with E-state index in [9.17, 15) is 9.59 Å². The van der Waals surface area contributed by atoms with Crippen molar-refractivity contribution in [2.45, 2.75) is 26.7 Å². The molecule has 0 aliphatic heterocycles. The third kappa shape index (κ3) is 6.22. The number of aryl methyl sites for hydroxylation is 1. The highest BCUT2D eigenvalue weighted by atomic mass is 16.5. The maximum absolute atomic E-state index is 11.5. The lowest BCUT2D eigenvalue weighted by molar-refractivity contribution is -0.143. The molecule has 1 N–H and O–H groups in total. The standard InChI is InChI=1S/C15H21NO4/c1-3-19-15(18)9-6-10-16-14(17)11-20-13-8-5-4-7-12(13)2/h4-5,7-8H,3,6,9-11H2,1-2H3,(H,16,17). The van der Waals surface area contributed by atoms with Crippen molar-refractivity contribution in [3.05, 3.63) is 29.8 Å². The Morgan fingerprint density at radius 1 is 1.25 bits per heavy atom. The number of para-hydroxylation sites is 1. The molecule has 5 heteroatoms. The van der Waals surface area contributed by atoms with Crippen LogP contribution in [0.25, 0.3) is 0 Å².